The molecule has 2 aromatic rings. The summed E-state index contributed by atoms with van der Waals surface area (Å²) in [4.78, 5) is 4.03. The second-order valence-corrected chi connectivity index (χ2v) is 5.91. The summed E-state index contributed by atoms with van der Waals surface area (Å²) in [6, 6.07) is 10.7. The van der Waals surface area contributed by atoms with Gasteiger partial charge in [-0.15, -0.1) is 11.3 Å². The Labute approximate surface area is 119 Å². The molecule has 2 heterocycles. The van der Waals surface area contributed by atoms with Crippen LogP contribution in [0.1, 0.15) is 22.9 Å². The Morgan fingerprint density at radius 1 is 1.26 bits per heavy atom. The number of rotatable bonds is 4. The van der Waals surface area contributed by atoms with Crippen LogP contribution in [0.15, 0.2) is 35.7 Å². The molecule has 3 rings (SSSR count). The molecule has 1 aliphatic rings. The van der Waals surface area contributed by atoms with E-state index in [9.17, 15) is 0 Å². The highest BCUT2D eigenvalue weighted by molar-refractivity contribution is 7.10. The predicted molar refractivity (Wildman–Crippen MR) is 82.9 cm³/mol. The van der Waals surface area contributed by atoms with Crippen LogP contribution in [0.2, 0.25) is 0 Å². The van der Waals surface area contributed by atoms with Gasteiger partial charge in [0.05, 0.1) is 6.54 Å². The van der Waals surface area contributed by atoms with Crippen molar-refractivity contribution in [3.8, 4) is 0 Å². The number of benzene rings is 1. The van der Waals surface area contributed by atoms with Gasteiger partial charge in [0.1, 0.15) is 0 Å². The van der Waals surface area contributed by atoms with E-state index in [0.717, 1.165) is 26.2 Å². The van der Waals surface area contributed by atoms with Gasteiger partial charge in [-0.2, -0.15) is 0 Å². The molecule has 0 amide bonds. The van der Waals surface area contributed by atoms with Crippen LogP contribution < -0.4 is 10.2 Å². The summed E-state index contributed by atoms with van der Waals surface area (Å²) < 4.78 is 0. The molecule has 0 aliphatic carbocycles. The number of thiophene rings is 1. The normalized spacial score (nSPS) is 14.5. The minimum atomic E-state index is 1.02. The lowest BCUT2D eigenvalue weighted by molar-refractivity contribution is 0.699. The molecule has 1 aliphatic heterocycles. The lowest BCUT2D eigenvalue weighted by atomic mass is 10.0. The first-order valence-electron chi connectivity index (χ1n) is 6.97. The van der Waals surface area contributed by atoms with Crippen LogP contribution in [0, 0.1) is 0 Å². The average molecular weight is 272 g/mol. The standard InChI is InChI=1S/C16H20N2S/c1-2-17-10-13-12-19-16-11-18(9-8-15(13)16)14-6-4-3-5-7-14/h3-7,12,17H,2,8-11H2,1H3. The number of hydrogen-bond donors (Lipinski definition) is 1. The van der Waals surface area contributed by atoms with Gasteiger partial charge in [-0.3, -0.25) is 0 Å². The SMILES string of the molecule is CCNCc1csc2c1CCN(c1ccccc1)C2. The summed E-state index contributed by atoms with van der Waals surface area (Å²) in [7, 11) is 0. The zero-order chi connectivity index (χ0) is 13.1. The Kier molecular flexibility index (Phi) is 3.85. The van der Waals surface area contributed by atoms with Crippen molar-refractivity contribution in [2.75, 3.05) is 18.0 Å². The Hall–Kier alpha value is -1.32. The van der Waals surface area contributed by atoms with E-state index in [2.05, 4.69) is 52.9 Å². The first-order valence-corrected chi connectivity index (χ1v) is 7.85. The second kappa shape index (κ2) is 5.76. The third-order valence-electron chi connectivity index (χ3n) is 3.72. The van der Waals surface area contributed by atoms with Gasteiger partial charge in [0.15, 0.2) is 0 Å². The van der Waals surface area contributed by atoms with Crippen LogP contribution in [0.25, 0.3) is 0 Å². The highest BCUT2D eigenvalue weighted by atomic mass is 32.1. The van der Waals surface area contributed by atoms with Gasteiger partial charge in [-0.1, -0.05) is 25.1 Å². The van der Waals surface area contributed by atoms with Gasteiger partial charge in [0.25, 0.3) is 0 Å². The molecule has 0 bridgehead atoms. The van der Waals surface area contributed by atoms with Gasteiger partial charge in [0.2, 0.25) is 0 Å². The second-order valence-electron chi connectivity index (χ2n) is 4.95. The third-order valence-corrected chi connectivity index (χ3v) is 4.78. The molecule has 100 valence electrons. The van der Waals surface area contributed by atoms with Crippen molar-refractivity contribution < 1.29 is 0 Å². The molecular weight excluding hydrogens is 252 g/mol. The summed E-state index contributed by atoms with van der Waals surface area (Å²) >= 11 is 1.92. The summed E-state index contributed by atoms with van der Waals surface area (Å²) in [6.07, 6.45) is 1.18. The molecule has 3 heteroatoms. The number of nitrogens with one attached hydrogen (secondary N) is 1. The minimum absolute atomic E-state index is 1.02. The molecule has 1 aromatic heterocycles. The van der Waals surface area contributed by atoms with Crippen molar-refractivity contribution in [1.82, 2.24) is 5.32 Å². The molecule has 1 N–H and O–H groups in total. The van der Waals surface area contributed by atoms with Crippen LogP contribution in [0.4, 0.5) is 5.69 Å². The summed E-state index contributed by atoms with van der Waals surface area (Å²) in [5.74, 6) is 0. The fourth-order valence-corrected chi connectivity index (χ4v) is 3.78. The smallest absolute Gasteiger partial charge is 0.0525 e. The fraction of sp³-hybridized carbons (Fsp3) is 0.375. The van der Waals surface area contributed by atoms with Crippen LogP contribution in [0.5, 0.6) is 0 Å². The lowest BCUT2D eigenvalue weighted by Crippen LogP contribution is -2.30. The van der Waals surface area contributed by atoms with Crippen molar-refractivity contribution >= 4 is 17.0 Å². The summed E-state index contributed by atoms with van der Waals surface area (Å²) in [5.41, 5.74) is 4.45. The van der Waals surface area contributed by atoms with E-state index in [1.165, 1.54) is 17.7 Å². The Morgan fingerprint density at radius 2 is 2.11 bits per heavy atom. The number of hydrogen-bond acceptors (Lipinski definition) is 3. The molecule has 1 aromatic carbocycles. The van der Waals surface area contributed by atoms with E-state index in [0.29, 0.717) is 0 Å². The highest BCUT2D eigenvalue weighted by Crippen LogP contribution is 2.31. The summed E-state index contributed by atoms with van der Waals surface area (Å²) in [6.45, 7) is 6.42. The Bertz CT molecular complexity index is 533. The number of fused-ring (bicyclic) bond motifs is 1. The maximum Gasteiger partial charge on any atom is 0.0525 e. The highest BCUT2D eigenvalue weighted by Gasteiger charge is 2.20. The van der Waals surface area contributed by atoms with Gasteiger partial charge < -0.3 is 10.2 Å². The monoisotopic (exact) mass is 272 g/mol. The maximum absolute atomic E-state index is 3.44. The quantitative estimate of drug-likeness (QED) is 0.917. The van der Waals surface area contributed by atoms with Crippen molar-refractivity contribution in [3.63, 3.8) is 0 Å². The van der Waals surface area contributed by atoms with E-state index >= 15 is 0 Å². The molecule has 2 nitrogen and oxygen atoms in total. The molecule has 0 atom stereocenters. The number of anilines is 1. The van der Waals surface area contributed by atoms with E-state index in [-0.39, 0.29) is 0 Å². The fourth-order valence-electron chi connectivity index (χ4n) is 2.66. The largest absolute Gasteiger partial charge is 0.366 e. The summed E-state index contributed by atoms with van der Waals surface area (Å²) in [5, 5.41) is 5.77. The first kappa shape index (κ1) is 12.7. The Balaban J connectivity index is 1.76. The third kappa shape index (κ3) is 2.67. The molecule has 0 saturated heterocycles. The van der Waals surface area contributed by atoms with Gasteiger partial charge in [-0.25, -0.2) is 0 Å². The van der Waals surface area contributed by atoms with Crippen molar-refractivity contribution in [1.29, 1.82) is 0 Å². The van der Waals surface area contributed by atoms with Crippen LogP contribution in [-0.2, 0) is 19.5 Å². The zero-order valence-corrected chi connectivity index (χ0v) is 12.2. The van der Waals surface area contributed by atoms with Crippen molar-refractivity contribution in [3.05, 3.63) is 51.7 Å². The van der Waals surface area contributed by atoms with Crippen molar-refractivity contribution in [2.24, 2.45) is 0 Å². The molecular formula is C16H20N2S. The molecule has 0 saturated carbocycles. The van der Waals surface area contributed by atoms with E-state index in [1.54, 1.807) is 10.4 Å². The zero-order valence-electron chi connectivity index (χ0n) is 11.4. The van der Waals surface area contributed by atoms with Crippen LogP contribution in [-0.4, -0.2) is 13.1 Å². The van der Waals surface area contributed by atoms with Crippen LogP contribution in [0.3, 0.4) is 0 Å². The molecule has 0 spiro atoms. The van der Waals surface area contributed by atoms with E-state index in [1.807, 2.05) is 11.3 Å². The molecule has 0 fully saturated rings. The molecule has 0 unspecified atom stereocenters. The van der Waals surface area contributed by atoms with Crippen LogP contribution >= 0.6 is 11.3 Å². The number of para-hydroxylation sites is 1. The minimum Gasteiger partial charge on any atom is -0.366 e. The maximum atomic E-state index is 3.44. The van der Waals surface area contributed by atoms with E-state index < -0.39 is 0 Å². The number of nitrogens with zero attached hydrogens (tertiary/aromatic N) is 1. The van der Waals surface area contributed by atoms with E-state index in [4.69, 9.17) is 0 Å². The lowest BCUT2D eigenvalue weighted by Gasteiger charge is -2.29. The Morgan fingerprint density at radius 3 is 2.89 bits per heavy atom. The van der Waals surface area contributed by atoms with Gasteiger partial charge >= 0.3 is 0 Å². The molecule has 0 radical (unpaired) electrons. The predicted octanol–water partition coefficient (Wildman–Crippen LogP) is 3.42. The molecule has 19 heavy (non-hydrogen) atoms. The van der Waals surface area contributed by atoms with Crippen molar-refractivity contribution in [2.45, 2.75) is 26.4 Å². The average Bonchev–Trinajstić information content (AvgIpc) is 2.88. The van der Waals surface area contributed by atoms with Gasteiger partial charge in [0, 0.05) is 23.7 Å². The topological polar surface area (TPSA) is 15.3 Å². The first-order chi connectivity index (χ1) is 9.38. The van der Waals surface area contributed by atoms with Gasteiger partial charge in [-0.05, 0) is 41.6 Å².